The average molecular weight is 322 g/mol. The molecule has 0 radical (unpaired) electrons. The van der Waals surface area contributed by atoms with Gasteiger partial charge in [-0.15, -0.1) is 0 Å². The van der Waals surface area contributed by atoms with Gasteiger partial charge >= 0.3 is 0 Å². The second-order valence-corrected chi connectivity index (χ2v) is 5.31. The molecular formula is C22H14N2O. The van der Waals surface area contributed by atoms with Crippen LogP contribution in [0.2, 0.25) is 0 Å². The van der Waals surface area contributed by atoms with Gasteiger partial charge in [-0.3, -0.25) is 0 Å². The molecule has 2 aromatic carbocycles. The lowest BCUT2D eigenvalue weighted by Gasteiger charge is -2.07. The Morgan fingerprint density at radius 3 is 1.64 bits per heavy atom. The van der Waals surface area contributed by atoms with Crippen molar-refractivity contribution in [3.05, 3.63) is 101 Å². The fourth-order valence-corrected chi connectivity index (χ4v) is 2.47. The van der Waals surface area contributed by atoms with Gasteiger partial charge in [-0.05, 0) is 34.9 Å². The number of nitrogens with zero attached hydrogens (tertiary/aromatic N) is 2. The summed E-state index contributed by atoms with van der Waals surface area (Å²) in [6, 6.07) is 27.3. The summed E-state index contributed by atoms with van der Waals surface area (Å²) in [5.41, 5.74) is 3.21. The van der Waals surface area contributed by atoms with Crippen LogP contribution < -0.4 is 0 Å². The van der Waals surface area contributed by atoms with Gasteiger partial charge in [0.1, 0.15) is 29.2 Å². The van der Waals surface area contributed by atoms with Gasteiger partial charge in [-0.25, -0.2) is 0 Å². The lowest BCUT2D eigenvalue weighted by molar-refractivity contribution is 0.547. The summed E-state index contributed by atoms with van der Waals surface area (Å²) in [5, 5.41) is 17.7. The normalized spacial score (nSPS) is 9.52. The zero-order valence-electron chi connectivity index (χ0n) is 13.4. The van der Waals surface area contributed by atoms with Crippen LogP contribution in [0.5, 0.6) is 0 Å². The van der Waals surface area contributed by atoms with Gasteiger partial charge in [-0.1, -0.05) is 60.7 Å². The van der Waals surface area contributed by atoms with Gasteiger partial charge in [0.2, 0.25) is 0 Å². The summed E-state index contributed by atoms with van der Waals surface area (Å²) in [5.74, 6) is 1.13. The number of furan rings is 1. The molecule has 0 spiro atoms. The van der Waals surface area contributed by atoms with Crippen LogP contribution >= 0.6 is 0 Å². The maximum absolute atomic E-state index is 8.84. The van der Waals surface area contributed by atoms with Crippen LogP contribution in [0.4, 0.5) is 0 Å². The number of nitriles is 2. The molecule has 3 heteroatoms. The molecule has 3 nitrogen and oxygen atoms in total. The highest BCUT2D eigenvalue weighted by Crippen LogP contribution is 2.26. The predicted molar refractivity (Wildman–Crippen MR) is 97.8 cm³/mol. The van der Waals surface area contributed by atoms with E-state index in [1.165, 1.54) is 6.08 Å². The van der Waals surface area contributed by atoms with Crippen molar-refractivity contribution in [2.24, 2.45) is 0 Å². The first-order valence-electron chi connectivity index (χ1n) is 7.74. The number of hydrogen-bond donors (Lipinski definition) is 0. The highest BCUT2D eigenvalue weighted by molar-refractivity contribution is 5.90. The van der Waals surface area contributed by atoms with Gasteiger partial charge in [0.25, 0.3) is 0 Å². The molecule has 0 saturated heterocycles. The van der Waals surface area contributed by atoms with E-state index in [9.17, 15) is 0 Å². The topological polar surface area (TPSA) is 60.7 Å². The Balaban J connectivity index is 2.04. The van der Waals surface area contributed by atoms with Crippen LogP contribution in [0.15, 0.2) is 82.8 Å². The lowest BCUT2D eigenvalue weighted by Crippen LogP contribution is -1.87. The molecule has 25 heavy (non-hydrogen) atoms. The van der Waals surface area contributed by atoms with Crippen molar-refractivity contribution in [1.82, 2.24) is 0 Å². The largest absolute Gasteiger partial charge is 0.457 e. The van der Waals surface area contributed by atoms with Crippen molar-refractivity contribution >= 4 is 17.7 Å². The zero-order chi connectivity index (χ0) is 17.5. The maximum Gasteiger partial charge on any atom is 0.133 e. The van der Waals surface area contributed by atoms with E-state index in [-0.39, 0.29) is 5.57 Å². The molecule has 0 fully saturated rings. The Labute approximate surface area is 146 Å². The SMILES string of the molecule is N#CC(C#N)=Cc1ccc(C=C(c2ccccc2)c2ccccc2)o1. The summed E-state index contributed by atoms with van der Waals surface area (Å²) in [6.07, 6.45) is 3.39. The maximum atomic E-state index is 8.84. The average Bonchev–Trinajstić information content (AvgIpc) is 3.12. The minimum absolute atomic E-state index is 0.0104. The number of benzene rings is 2. The van der Waals surface area contributed by atoms with E-state index in [2.05, 4.69) is 0 Å². The van der Waals surface area contributed by atoms with E-state index in [1.807, 2.05) is 84.9 Å². The highest BCUT2D eigenvalue weighted by atomic mass is 16.3. The van der Waals surface area contributed by atoms with Gasteiger partial charge in [0, 0.05) is 6.08 Å². The standard InChI is InChI=1S/C22H14N2O/c23-15-17(16-24)13-20-11-12-21(25-20)14-22(18-7-3-1-4-8-18)19-9-5-2-6-10-19/h1-14H. The third-order valence-electron chi connectivity index (χ3n) is 3.63. The lowest BCUT2D eigenvalue weighted by atomic mass is 9.97. The fraction of sp³-hybridized carbons (Fsp3) is 0. The summed E-state index contributed by atoms with van der Waals surface area (Å²) >= 11 is 0. The van der Waals surface area contributed by atoms with Crippen LogP contribution in [0, 0.1) is 22.7 Å². The summed E-state index contributed by atoms with van der Waals surface area (Å²) in [4.78, 5) is 0. The monoisotopic (exact) mass is 322 g/mol. The highest BCUT2D eigenvalue weighted by Gasteiger charge is 2.07. The molecule has 3 rings (SSSR count). The molecule has 118 valence electrons. The Morgan fingerprint density at radius 1 is 0.680 bits per heavy atom. The smallest absolute Gasteiger partial charge is 0.133 e. The van der Waals surface area contributed by atoms with Crippen molar-refractivity contribution in [3.8, 4) is 12.1 Å². The minimum Gasteiger partial charge on any atom is -0.457 e. The van der Waals surface area contributed by atoms with Crippen LogP contribution in [0.25, 0.3) is 17.7 Å². The van der Waals surface area contributed by atoms with Gasteiger partial charge in [-0.2, -0.15) is 10.5 Å². The number of rotatable bonds is 4. The Hall–Kier alpha value is -3.82. The molecule has 0 aliphatic carbocycles. The first-order chi connectivity index (χ1) is 12.3. The number of hydrogen-bond acceptors (Lipinski definition) is 3. The molecule has 0 N–H and O–H groups in total. The van der Waals surface area contributed by atoms with Crippen molar-refractivity contribution in [2.45, 2.75) is 0 Å². The van der Waals surface area contributed by atoms with E-state index >= 15 is 0 Å². The fourth-order valence-electron chi connectivity index (χ4n) is 2.47. The van der Waals surface area contributed by atoms with E-state index in [1.54, 1.807) is 6.07 Å². The van der Waals surface area contributed by atoms with Crippen molar-refractivity contribution < 1.29 is 4.42 Å². The van der Waals surface area contributed by atoms with Crippen molar-refractivity contribution in [2.75, 3.05) is 0 Å². The Morgan fingerprint density at radius 2 is 1.16 bits per heavy atom. The van der Waals surface area contributed by atoms with Crippen molar-refractivity contribution in [1.29, 1.82) is 10.5 Å². The molecule has 1 aromatic heterocycles. The summed E-state index contributed by atoms with van der Waals surface area (Å²) < 4.78 is 5.74. The van der Waals surface area contributed by atoms with E-state index < -0.39 is 0 Å². The molecule has 0 unspecified atom stereocenters. The third-order valence-corrected chi connectivity index (χ3v) is 3.63. The van der Waals surface area contributed by atoms with Gasteiger partial charge in [0.05, 0.1) is 0 Å². The molecule has 0 aliphatic heterocycles. The van der Waals surface area contributed by atoms with E-state index in [0.29, 0.717) is 11.5 Å². The molecule has 0 saturated carbocycles. The second kappa shape index (κ2) is 7.64. The predicted octanol–water partition coefficient (Wildman–Crippen LogP) is 5.30. The third kappa shape index (κ3) is 3.93. The minimum atomic E-state index is 0.0104. The van der Waals surface area contributed by atoms with E-state index in [0.717, 1.165) is 16.7 Å². The Kier molecular flexibility index (Phi) is 4.90. The van der Waals surface area contributed by atoms with Gasteiger partial charge in [0.15, 0.2) is 0 Å². The molecule has 0 bridgehead atoms. The molecule has 1 heterocycles. The Bertz CT molecular complexity index is 940. The first-order valence-corrected chi connectivity index (χ1v) is 7.74. The second-order valence-electron chi connectivity index (χ2n) is 5.31. The van der Waals surface area contributed by atoms with E-state index in [4.69, 9.17) is 14.9 Å². The molecular weight excluding hydrogens is 308 g/mol. The van der Waals surface area contributed by atoms with Gasteiger partial charge < -0.3 is 4.42 Å². The molecule has 0 amide bonds. The molecule has 0 atom stereocenters. The van der Waals surface area contributed by atoms with Crippen LogP contribution in [0.3, 0.4) is 0 Å². The van der Waals surface area contributed by atoms with Crippen LogP contribution in [-0.2, 0) is 0 Å². The molecule has 0 aliphatic rings. The quantitative estimate of drug-likeness (QED) is 0.612. The zero-order valence-corrected chi connectivity index (χ0v) is 13.4. The number of allylic oxidation sites excluding steroid dienone is 1. The summed E-state index contributed by atoms with van der Waals surface area (Å²) in [6.45, 7) is 0. The van der Waals surface area contributed by atoms with Crippen LogP contribution in [-0.4, -0.2) is 0 Å². The summed E-state index contributed by atoms with van der Waals surface area (Å²) in [7, 11) is 0. The first kappa shape index (κ1) is 16.1. The molecule has 3 aromatic rings. The van der Waals surface area contributed by atoms with Crippen LogP contribution in [0.1, 0.15) is 22.6 Å². The van der Waals surface area contributed by atoms with Crippen molar-refractivity contribution in [3.63, 3.8) is 0 Å².